The van der Waals surface area contributed by atoms with Crippen molar-refractivity contribution >= 4 is 38.2 Å². The highest BCUT2D eigenvalue weighted by molar-refractivity contribution is 7.90. The van der Waals surface area contributed by atoms with Crippen molar-refractivity contribution in [2.45, 2.75) is 43.7 Å². The van der Waals surface area contributed by atoms with Crippen LogP contribution in [0.25, 0.3) is 10.9 Å². The Hall–Kier alpha value is -2.02. The minimum absolute atomic E-state index is 0.189. The van der Waals surface area contributed by atoms with Crippen LogP contribution in [0.3, 0.4) is 0 Å². The minimum atomic E-state index is -3.73. The van der Waals surface area contributed by atoms with Crippen LogP contribution in [0.1, 0.15) is 26.7 Å². The molecule has 7 heteroatoms. The molecule has 0 saturated carbocycles. The van der Waals surface area contributed by atoms with Gasteiger partial charge in [-0.05, 0) is 83.2 Å². The Morgan fingerprint density at radius 2 is 1.77 bits per heavy atom. The fourth-order valence-electron chi connectivity index (χ4n) is 4.47. The number of fused-ring (bicyclic) bond motifs is 1. The Morgan fingerprint density at radius 1 is 1.07 bits per heavy atom. The second-order valence-corrected chi connectivity index (χ2v) is 10.6. The third kappa shape index (κ3) is 3.84. The van der Waals surface area contributed by atoms with E-state index in [1.165, 1.54) is 10.0 Å². The third-order valence-electron chi connectivity index (χ3n) is 5.94. The molecular weight excluding hydrogens is 418 g/mol. The molecule has 1 aromatic heterocycles. The molecule has 2 heterocycles. The molecule has 160 valence electrons. The maximum atomic E-state index is 13.3. The van der Waals surface area contributed by atoms with Gasteiger partial charge >= 0.3 is 0 Å². The molecule has 0 amide bonds. The van der Waals surface area contributed by atoms with Gasteiger partial charge in [0.05, 0.1) is 10.4 Å². The molecule has 0 atom stereocenters. The van der Waals surface area contributed by atoms with Crippen LogP contribution >= 0.6 is 11.6 Å². The van der Waals surface area contributed by atoms with E-state index in [0.29, 0.717) is 22.6 Å². The van der Waals surface area contributed by atoms with Gasteiger partial charge in [0.25, 0.3) is 10.0 Å². The highest BCUT2D eigenvalue weighted by atomic mass is 35.5. The van der Waals surface area contributed by atoms with Crippen molar-refractivity contribution in [3.8, 4) is 0 Å². The number of hydrogen-bond acceptors (Lipinski definition) is 4. The number of likely N-dealkylation sites (tertiary alicyclic amines) is 1. The van der Waals surface area contributed by atoms with Gasteiger partial charge < -0.3 is 9.80 Å². The van der Waals surface area contributed by atoms with Gasteiger partial charge in [-0.1, -0.05) is 23.7 Å². The summed E-state index contributed by atoms with van der Waals surface area (Å²) in [6, 6.07) is 15.0. The number of nitrogens with zero attached hydrogens (tertiary/aromatic N) is 3. The van der Waals surface area contributed by atoms with E-state index in [0.717, 1.165) is 37.0 Å². The summed E-state index contributed by atoms with van der Waals surface area (Å²) in [5.41, 5.74) is 1.78. The van der Waals surface area contributed by atoms with E-state index in [9.17, 15) is 8.42 Å². The highest BCUT2D eigenvalue weighted by Gasteiger charge is 2.28. The average Bonchev–Trinajstić information content (AvgIpc) is 3.15. The fraction of sp³-hybridized carbons (Fsp3) is 0.391. The Morgan fingerprint density at radius 3 is 2.43 bits per heavy atom. The number of anilines is 1. The Kier molecular flexibility index (Phi) is 5.84. The summed E-state index contributed by atoms with van der Waals surface area (Å²) in [5.74, 6) is 0. The van der Waals surface area contributed by atoms with Crippen molar-refractivity contribution in [2.75, 3.05) is 25.0 Å². The molecule has 1 fully saturated rings. The van der Waals surface area contributed by atoms with Crippen LogP contribution in [0.4, 0.5) is 5.69 Å². The normalized spacial score (nSPS) is 16.4. The van der Waals surface area contributed by atoms with Crippen molar-refractivity contribution in [1.82, 2.24) is 8.87 Å². The predicted octanol–water partition coefficient (Wildman–Crippen LogP) is 4.84. The molecule has 1 aliphatic heterocycles. The number of hydrogen-bond donors (Lipinski definition) is 0. The van der Waals surface area contributed by atoms with Gasteiger partial charge in [-0.15, -0.1) is 0 Å². The number of rotatable bonds is 5. The largest absolute Gasteiger partial charge is 0.365 e. The topological polar surface area (TPSA) is 45.6 Å². The smallest absolute Gasteiger partial charge is 0.268 e. The molecular formula is C23H28ClN3O2S. The maximum absolute atomic E-state index is 13.3. The van der Waals surface area contributed by atoms with Crippen LogP contribution in [0.5, 0.6) is 0 Å². The molecule has 30 heavy (non-hydrogen) atoms. The van der Waals surface area contributed by atoms with Crippen molar-refractivity contribution in [2.24, 2.45) is 0 Å². The zero-order valence-corrected chi connectivity index (χ0v) is 19.2. The number of aromatic nitrogens is 1. The molecule has 0 radical (unpaired) electrons. The fourth-order valence-corrected chi connectivity index (χ4v) is 6.12. The lowest BCUT2D eigenvalue weighted by atomic mass is 10.00. The summed E-state index contributed by atoms with van der Waals surface area (Å²) in [6.07, 6.45) is 3.86. The van der Waals surface area contributed by atoms with Crippen molar-refractivity contribution in [3.05, 3.63) is 59.8 Å². The standard InChI is InChI=1S/C23H28ClN3O2S/c1-17(2)27(19-10-13-25(3)14-11-19)23-9-5-8-22-21(23)12-15-26(22)30(28,29)20-7-4-6-18(24)16-20/h4-9,12,15-17,19H,10-11,13-14H2,1-3H3. The highest BCUT2D eigenvalue weighted by Crippen LogP contribution is 2.34. The van der Waals surface area contributed by atoms with Gasteiger partial charge in [-0.25, -0.2) is 12.4 Å². The molecule has 0 aliphatic carbocycles. The Bertz CT molecular complexity index is 1150. The first-order chi connectivity index (χ1) is 14.3. The number of benzene rings is 2. The van der Waals surface area contributed by atoms with E-state index >= 15 is 0 Å². The molecule has 1 aliphatic rings. The summed E-state index contributed by atoms with van der Waals surface area (Å²) in [7, 11) is -1.57. The van der Waals surface area contributed by atoms with Crippen LogP contribution in [0.2, 0.25) is 5.02 Å². The summed E-state index contributed by atoms with van der Waals surface area (Å²) in [6.45, 7) is 6.57. The summed E-state index contributed by atoms with van der Waals surface area (Å²) >= 11 is 6.04. The number of piperidine rings is 1. The monoisotopic (exact) mass is 445 g/mol. The molecule has 1 saturated heterocycles. The molecule has 5 nitrogen and oxygen atoms in total. The molecule has 0 N–H and O–H groups in total. The summed E-state index contributed by atoms with van der Waals surface area (Å²) in [5, 5.41) is 1.36. The van der Waals surface area contributed by atoms with Crippen LogP contribution in [0.15, 0.2) is 59.6 Å². The van der Waals surface area contributed by atoms with E-state index in [4.69, 9.17) is 11.6 Å². The first-order valence-electron chi connectivity index (χ1n) is 10.4. The van der Waals surface area contributed by atoms with Gasteiger partial charge in [0.15, 0.2) is 0 Å². The predicted molar refractivity (Wildman–Crippen MR) is 124 cm³/mol. The molecule has 2 aromatic carbocycles. The maximum Gasteiger partial charge on any atom is 0.268 e. The van der Waals surface area contributed by atoms with E-state index < -0.39 is 10.0 Å². The zero-order valence-electron chi connectivity index (χ0n) is 17.6. The van der Waals surface area contributed by atoms with Crippen LogP contribution in [-0.4, -0.2) is 49.5 Å². The molecule has 3 aromatic rings. The van der Waals surface area contributed by atoms with E-state index in [2.05, 4.69) is 36.8 Å². The van der Waals surface area contributed by atoms with Gasteiger partial charge in [0.1, 0.15) is 0 Å². The van der Waals surface area contributed by atoms with Crippen molar-refractivity contribution in [1.29, 1.82) is 0 Å². The second-order valence-electron chi connectivity index (χ2n) is 8.32. The lowest BCUT2D eigenvalue weighted by molar-refractivity contribution is 0.246. The Labute approximate surface area is 183 Å². The van der Waals surface area contributed by atoms with Gasteiger partial charge in [-0.3, -0.25) is 0 Å². The lowest BCUT2D eigenvalue weighted by Crippen LogP contribution is -2.47. The average molecular weight is 446 g/mol. The van der Waals surface area contributed by atoms with Crippen molar-refractivity contribution < 1.29 is 8.42 Å². The van der Waals surface area contributed by atoms with E-state index in [1.54, 1.807) is 24.4 Å². The molecule has 0 bridgehead atoms. The Balaban J connectivity index is 1.80. The van der Waals surface area contributed by atoms with Gasteiger partial charge in [-0.2, -0.15) is 0 Å². The van der Waals surface area contributed by atoms with Crippen LogP contribution < -0.4 is 4.90 Å². The summed E-state index contributed by atoms with van der Waals surface area (Å²) in [4.78, 5) is 5.02. The van der Waals surface area contributed by atoms with E-state index in [1.807, 2.05) is 18.2 Å². The van der Waals surface area contributed by atoms with Crippen LogP contribution in [0, 0.1) is 0 Å². The van der Waals surface area contributed by atoms with Crippen LogP contribution in [-0.2, 0) is 10.0 Å². The lowest BCUT2D eigenvalue weighted by Gasteiger charge is -2.41. The van der Waals surface area contributed by atoms with Gasteiger partial charge in [0, 0.05) is 34.4 Å². The zero-order chi connectivity index (χ0) is 21.5. The molecule has 0 unspecified atom stereocenters. The first kappa shape index (κ1) is 21.2. The third-order valence-corrected chi connectivity index (χ3v) is 7.86. The quantitative estimate of drug-likeness (QED) is 0.563. The second kappa shape index (κ2) is 8.25. The van der Waals surface area contributed by atoms with Gasteiger partial charge in [0.2, 0.25) is 0 Å². The molecule has 0 spiro atoms. The SMILES string of the molecule is CC(C)N(c1cccc2c1ccn2S(=O)(=O)c1cccc(Cl)c1)C1CCN(C)CC1. The molecule has 4 rings (SSSR count). The number of halogens is 1. The van der Waals surface area contributed by atoms with Crippen molar-refractivity contribution in [3.63, 3.8) is 0 Å². The summed E-state index contributed by atoms with van der Waals surface area (Å²) < 4.78 is 28.0. The van der Waals surface area contributed by atoms with E-state index in [-0.39, 0.29) is 4.90 Å². The minimum Gasteiger partial charge on any atom is -0.365 e. The first-order valence-corrected chi connectivity index (χ1v) is 12.2.